The van der Waals surface area contributed by atoms with E-state index in [1.165, 1.54) is 4.88 Å². The zero-order chi connectivity index (χ0) is 13.4. The van der Waals surface area contributed by atoms with Crippen molar-refractivity contribution in [2.24, 2.45) is 0 Å². The molecule has 2 aromatic heterocycles. The molecule has 2 N–H and O–H groups in total. The molecule has 3 aromatic rings. The van der Waals surface area contributed by atoms with E-state index >= 15 is 0 Å². The molecule has 5 heteroatoms. The Kier molecular flexibility index (Phi) is 2.98. The number of benzene rings is 1. The number of nitrogens with zero attached hydrogens (tertiary/aromatic N) is 2. The number of H-pyrrole nitrogens is 1. The van der Waals surface area contributed by atoms with Crippen molar-refractivity contribution >= 4 is 27.9 Å². The summed E-state index contributed by atoms with van der Waals surface area (Å²) in [4.78, 5) is 5.87. The monoisotopic (exact) mass is 272 g/mol. The van der Waals surface area contributed by atoms with Gasteiger partial charge < -0.3 is 5.32 Å². The Morgan fingerprint density at radius 2 is 2.16 bits per heavy atom. The number of hydrogen-bond acceptors (Lipinski definition) is 4. The summed E-state index contributed by atoms with van der Waals surface area (Å²) < 4.78 is 0. The van der Waals surface area contributed by atoms with Crippen molar-refractivity contribution in [1.29, 1.82) is 0 Å². The van der Waals surface area contributed by atoms with Crippen LogP contribution in [-0.4, -0.2) is 15.2 Å². The molecule has 0 saturated heterocycles. The molecule has 98 valence electrons. The van der Waals surface area contributed by atoms with Gasteiger partial charge in [0.05, 0.1) is 28.5 Å². The lowest BCUT2D eigenvalue weighted by Gasteiger charge is -2.14. The molecular formula is C14H16N4S. The number of aromatic amines is 1. The Morgan fingerprint density at radius 1 is 1.32 bits per heavy atom. The van der Waals surface area contributed by atoms with Crippen molar-refractivity contribution in [2.75, 3.05) is 5.32 Å². The van der Waals surface area contributed by atoms with E-state index < -0.39 is 0 Å². The molecule has 19 heavy (non-hydrogen) atoms. The van der Waals surface area contributed by atoms with Gasteiger partial charge in [0, 0.05) is 16.0 Å². The minimum Gasteiger partial charge on any atom is -0.377 e. The van der Waals surface area contributed by atoms with E-state index in [1.807, 2.05) is 13.1 Å². The van der Waals surface area contributed by atoms with E-state index in [-0.39, 0.29) is 6.04 Å². The summed E-state index contributed by atoms with van der Waals surface area (Å²) in [6, 6.07) is 6.41. The Balaban J connectivity index is 1.85. The molecule has 0 aliphatic carbocycles. The second-order valence-corrected chi connectivity index (χ2v) is 6.12. The van der Waals surface area contributed by atoms with Crippen molar-refractivity contribution in [1.82, 2.24) is 15.2 Å². The van der Waals surface area contributed by atoms with Gasteiger partial charge in [-0.1, -0.05) is 0 Å². The average molecular weight is 272 g/mol. The highest BCUT2D eigenvalue weighted by molar-refractivity contribution is 7.11. The molecule has 3 rings (SSSR count). The van der Waals surface area contributed by atoms with Crippen molar-refractivity contribution < 1.29 is 0 Å². The Morgan fingerprint density at radius 3 is 2.89 bits per heavy atom. The van der Waals surface area contributed by atoms with E-state index in [0.717, 1.165) is 27.3 Å². The van der Waals surface area contributed by atoms with Gasteiger partial charge in [0.15, 0.2) is 0 Å². The smallest absolute Gasteiger partial charge is 0.0901 e. The Labute approximate surface area is 115 Å². The molecule has 2 heterocycles. The quantitative estimate of drug-likeness (QED) is 0.762. The van der Waals surface area contributed by atoms with E-state index in [4.69, 9.17) is 0 Å². The highest BCUT2D eigenvalue weighted by Gasteiger charge is 2.13. The number of nitrogens with one attached hydrogen (secondary N) is 2. The summed E-state index contributed by atoms with van der Waals surface area (Å²) >= 11 is 1.74. The standard InChI is InChI=1S/C14H16N4S/c1-8(14-9(2)19-10(3)17-14)16-12-5-4-11-7-15-18-13(11)6-12/h4-8,16H,1-3H3,(H,15,18). The molecule has 0 aliphatic rings. The first-order valence-corrected chi connectivity index (χ1v) is 7.09. The fourth-order valence-corrected chi connectivity index (χ4v) is 3.21. The molecular weight excluding hydrogens is 256 g/mol. The highest BCUT2D eigenvalue weighted by atomic mass is 32.1. The van der Waals surface area contributed by atoms with Crippen LogP contribution in [0.4, 0.5) is 5.69 Å². The van der Waals surface area contributed by atoms with E-state index in [9.17, 15) is 0 Å². The summed E-state index contributed by atoms with van der Waals surface area (Å²) in [5.74, 6) is 0. The minimum atomic E-state index is 0.199. The minimum absolute atomic E-state index is 0.199. The molecule has 0 aliphatic heterocycles. The van der Waals surface area contributed by atoms with Gasteiger partial charge in [-0.05, 0) is 39.0 Å². The fraction of sp³-hybridized carbons (Fsp3) is 0.286. The van der Waals surface area contributed by atoms with Crippen LogP contribution in [0.15, 0.2) is 24.4 Å². The SMILES string of the molecule is Cc1nc(C(C)Nc2ccc3cn[nH]c3c2)c(C)s1. The lowest BCUT2D eigenvalue weighted by atomic mass is 10.2. The number of hydrogen-bond donors (Lipinski definition) is 2. The molecule has 0 amide bonds. The lowest BCUT2D eigenvalue weighted by Crippen LogP contribution is -2.08. The maximum Gasteiger partial charge on any atom is 0.0901 e. The third-order valence-corrected chi connectivity index (χ3v) is 4.08. The molecule has 0 fully saturated rings. The van der Waals surface area contributed by atoms with Crippen LogP contribution in [0.1, 0.15) is 28.5 Å². The van der Waals surface area contributed by atoms with Gasteiger partial charge in [0.2, 0.25) is 0 Å². The molecule has 1 unspecified atom stereocenters. The van der Waals surface area contributed by atoms with Gasteiger partial charge in [-0.15, -0.1) is 11.3 Å². The van der Waals surface area contributed by atoms with Gasteiger partial charge >= 0.3 is 0 Å². The first-order valence-electron chi connectivity index (χ1n) is 6.27. The molecule has 1 aromatic carbocycles. The molecule has 4 nitrogen and oxygen atoms in total. The van der Waals surface area contributed by atoms with E-state index in [2.05, 4.69) is 52.5 Å². The van der Waals surface area contributed by atoms with Gasteiger partial charge in [-0.3, -0.25) is 5.10 Å². The van der Waals surface area contributed by atoms with Crippen LogP contribution < -0.4 is 5.32 Å². The van der Waals surface area contributed by atoms with Gasteiger partial charge in [-0.2, -0.15) is 5.10 Å². The summed E-state index contributed by atoms with van der Waals surface area (Å²) in [7, 11) is 0. The normalized spacial score (nSPS) is 12.8. The maximum atomic E-state index is 4.59. The first kappa shape index (κ1) is 12.2. The predicted molar refractivity (Wildman–Crippen MR) is 79.7 cm³/mol. The molecule has 0 radical (unpaired) electrons. The third-order valence-electron chi connectivity index (χ3n) is 3.17. The second kappa shape index (κ2) is 4.66. The van der Waals surface area contributed by atoms with Crippen LogP contribution in [0.2, 0.25) is 0 Å². The Hall–Kier alpha value is -1.88. The van der Waals surface area contributed by atoms with Crippen molar-refractivity contribution in [3.63, 3.8) is 0 Å². The van der Waals surface area contributed by atoms with Gasteiger partial charge in [0.1, 0.15) is 0 Å². The van der Waals surface area contributed by atoms with Crippen LogP contribution in [0.5, 0.6) is 0 Å². The van der Waals surface area contributed by atoms with Crippen molar-refractivity contribution in [3.05, 3.63) is 40.0 Å². The molecule has 0 saturated carbocycles. The van der Waals surface area contributed by atoms with Crippen LogP contribution >= 0.6 is 11.3 Å². The highest BCUT2D eigenvalue weighted by Crippen LogP contribution is 2.26. The van der Waals surface area contributed by atoms with Gasteiger partial charge in [-0.25, -0.2) is 4.98 Å². The topological polar surface area (TPSA) is 53.6 Å². The predicted octanol–water partition coefficient (Wildman–Crippen LogP) is 3.81. The van der Waals surface area contributed by atoms with Crippen molar-refractivity contribution in [3.8, 4) is 0 Å². The largest absolute Gasteiger partial charge is 0.377 e. The fourth-order valence-electron chi connectivity index (χ4n) is 2.29. The zero-order valence-electron chi connectivity index (χ0n) is 11.2. The third kappa shape index (κ3) is 2.33. The Bertz CT molecular complexity index is 713. The first-order chi connectivity index (χ1) is 9.13. The molecule has 1 atom stereocenters. The zero-order valence-corrected chi connectivity index (χ0v) is 12.0. The van der Waals surface area contributed by atoms with Crippen LogP contribution in [0.25, 0.3) is 10.9 Å². The number of thiazole rings is 1. The molecule has 0 bridgehead atoms. The number of rotatable bonds is 3. The maximum absolute atomic E-state index is 4.59. The number of aromatic nitrogens is 3. The molecule has 0 spiro atoms. The lowest BCUT2D eigenvalue weighted by molar-refractivity contribution is 0.837. The average Bonchev–Trinajstić information content (AvgIpc) is 2.94. The number of fused-ring (bicyclic) bond motifs is 1. The summed E-state index contributed by atoms with van der Waals surface area (Å²) in [5, 5.41) is 12.7. The van der Waals surface area contributed by atoms with E-state index in [0.29, 0.717) is 0 Å². The summed E-state index contributed by atoms with van der Waals surface area (Å²) in [6.45, 7) is 6.31. The van der Waals surface area contributed by atoms with Crippen molar-refractivity contribution in [2.45, 2.75) is 26.8 Å². The summed E-state index contributed by atoms with van der Waals surface area (Å²) in [6.07, 6.45) is 1.83. The summed E-state index contributed by atoms with van der Waals surface area (Å²) in [5.41, 5.74) is 3.25. The van der Waals surface area contributed by atoms with E-state index in [1.54, 1.807) is 11.3 Å². The van der Waals surface area contributed by atoms with Crippen LogP contribution in [-0.2, 0) is 0 Å². The van der Waals surface area contributed by atoms with Gasteiger partial charge in [0.25, 0.3) is 0 Å². The van der Waals surface area contributed by atoms with Crippen LogP contribution in [0, 0.1) is 13.8 Å². The second-order valence-electron chi connectivity index (χ2n) is 4.71. The number of aryl methyl sites for hydroxylation is 2. The van der Waals surface area contributed by atoms with Crippen LogP contribution in [0.3, 0.4) is 0 Å². The number of anilines is 1.